The van der Waals surface area contributed by atoms with E-state index < -0.39 is 35.5 Å². The first-order valence-electron chi connectivity index (χ1n) is 14.4. The maximum absolute atomic E-state index is 14.9. The average molecular weight is 665 g/mol. The van der Waals surface area contributed by atoms with Crippen LogP contribution in [0.25, 0.3) is 26.3 Å². The predicted octanol–water partition coefficient (Wildman–Crippen LogP) is 4.12. The van der Waals surface area contributed by atoms with E-state index in [1.165, 1.54) is 41.3 Å². The minimum absolute atomic E-state index is 0.134. The average Bonchev–Trinajstić information content (AvgIpc) is 3.38. The van der Waals surface area contributed by atoms with E-state index in [9.17, 15) is 23.2 Å². The van der Waals surface area contributed by atoms with Crippen LogP contribution in [0.2, 0.25) is 0 Å². The van der Waals surface area contributed by atoms with Crippen LogP contribution in [0.4, 0.5) is 19.3 Å². The largest absolute Gasteiger partial charge is 0.469 e. The quantitative estimate of drug-likeness (QED) is 0.214. The van der Waals surface area contributed by atoms with Crippen LogP contribution in [0, 0.1) is 11.6 Å². The second kappa shape index (κ2) is 13.4. The number of aromatic nitrogens is 3. The van der Waals surface area contributed by atoms with Crippen LogP contribution in [0.3, 0.4) is 0 Å². The molecule has 3 aromatic heterocycles. The van der Waals surface area contributed by atoms with E-state index >= 15 is 0 Å². The number of carbonyl (C=O) groups excluding carboxylic acids is 1. The van der Waals surface area contributed by atoms with E-state index in [1.807, 2.05) is 19.0 Å². The maximum atomic E-state index is 14.9. The van der Waals surface area contributed by atoms with Crippen LogP contribution >= 0.6 is 11.3 Å². The number of nitrogens with one attached hydrogen (secondary N) is 2. The first-order valence-corrected chi connectivity index (χ1v) is 15.3. The summed E-state index contributed by atoms with van der Waals surface area (Å²) in [6.45, 7) is 0.716. The third-order valence-corrected chi connectivity index (χ3v) is 8.70. The Balaban J connectivity index is 1.55. The summed E-state index contributed by atoms with van der Waals surface area (Å²) in [5, 5.41) is 2.86. The van der Waals surface area contributed by atoms with Crippen molar-refractivity contribution in [2.24, 2.45) is 0 Å². The van der Waals surface area contributed by atoms with Gasteiger partial charge in [-0.3, -0.25) is 14.2 Å². The molecule has 1 aliphatic rings. The minimum Gasteiger partial charge on any atom is -0.469 e. The highest BCUT2D eigenvalue weighted by Gasteiger charge is 2.26. The Hall–Kier alpha value is -4.96. The lowest BCUT2D eigenvalue weighted by Gasteiger charge is -2.26. The van der Waals surface area contributed by atoms with E-state index in [0.717, 1.165) is 16.7 Å². The molecule has 0 aliphatic carbocycles. The van der Waals surface area contributed by atoms with E-state index in [1.54, 1.807) is 30.3 Å². The number of hydroxylamine groups is 1. The van der Waals surface area contributed by atoms with Crippen LogP contribution in [0.1, 0.15) is 11.1 Å². The lowest BCUT2D eigenvalue weighted by molar-refractivity contribution is -0.0813. The number of benzene rings is 2. The molecule has 1 fully saturated rings. The molecule has 1 aliphatic heterocycles. The van der Waals surface area contributed by atoms with Gasteiger partial charge in [0.05, 0.1) is 44.1 Å². The van der Waals surface area contributed by atoms with Gasteiger partial charge in [-0.2, -0.15) is 0 Å². The molecule has 4 heterocycles. The number of nitrogens with zero attached hydrogens (tertiary/aromatic N) is 4. The van der Waals surface area contributed by atoms with E-state index in [2.05, 4.69) is 20.6 Å². The van der Waals surface area contributed by atoms with Crippen molar-refractivity contribution in [3.8, 4) is 22.0 Å². The summed E-state index contributed by atoms with van der Waals surface area (Å²) < 4.78 is 42.9. The smallest absolute Gasteiger partial charge is 0.343 e. The van der Waals surface area contributed by atoms with Gasteiger partial charge in [-0.15, -0.1) is 11.3 Å². The Bertz CT molecular complexity index is 2040. The molecule has 0 bridgehead atoms. The highest BCUT2D eigenvalue weighted by Crippen LogP contribution is 2.38. The minimum atomic E-state index is -0.822. The van der Waals surface area contributed by atoms with Gasteiger partial charge in [-0.1, -0.05) is 18.2 Å². The SMILES string of the molecule is CONC(=O)Nc1ccc(-c2sc3c(c2CN(C)C)c(=O)n(-c2ccc(OC4COC4)nc2)c(=O)n3Cc2c(F)cccc2F)cc1. The van der Waals surface area contributed by atoms with Crippen molar-refractivity contribution in [3.63, 3.8) is 0 Å². The van der Waals surface area contributed by atoms with Crippen molar-refractivity contribution in [1.82, 2.24) is 24.5 Å². The van der Waals surface area contributed by atoms with Gasteiger partial charge in [0.2, 0.25) is 5.88 Å². The summed E-state index contributed by atoms with van der Waals surface area (Å²) in [5.74, 6) is -1.35. The number of rotatable bonds is 10. The predicted molar refractivity (Wildman–Crippen MR) is 172 cm³/mol. The third kappa shape index (κ3) is 6.51. The van der Waals surface area contributed by atoms with Crippen LogP contribution in [-0.2, 0) is 22.7 Å². The number of halogens is 2. The van der Waals surface area contributed by atoms with Crippen LogP contribution in [-0.4, -0.2) is 65.6 Å². The number of amides is 2. The number of thiophene rings is 1. The lowest BCUT2D eigenvalue weighted by Crippen LogP contribution is -2.39. The highest BCUT2D eigenvalue weighted by atomic mass is 32.1. The molecule has 0 spiro atoms. The Kier molecular flexibility index (Phi) is 9.13. The molecular formula is C32H30F2N6O6S. The standard InChI is InChI=1S/C32H30F2N6O6S/c1-38(2)14-23-27-29(41)40(20-11-12-26(35-13-20)46-21-16-45-17-21)32(43)39(15-22-24(33)5-4-6-25(22)34)30(27)47-28(23)18-7-9-19(10-8-18)36-31(42)37-44-3/h4-13,21H,14-17H2,1-3H3,(H2,36,37,42). The number of pyridine rings is 1. The number of ether oxygens (including phenoxy) is 2. The van der Waals surface area contributed by atoms with Crippen molar-refractivity contribution < 1.29 is 27.9 Å². The van der Waals surface area contributed by atoms with Gasteiger partial charge in [0, 0.05) is 28.7 Å². The summed E-state index contributed by atoms with van der Waals surface area (Å²) in [7, 11) is 5.00. The zero-order valence-corrected chi connectivity index (χ0v) is 26.4. The van der Waals surface area contributed by atoms with E-state index in [-0.39, 0.29) is 27.6 Å². The van der Waals surface area contributed by atoms with E-state index in [4.69, 9.17) is 9.47 Å². The molecule has 2 amide bonds. The Morgan fingerprint density at radius 1 is 1.06 bits per heavy atom. The topological polar surface area (TPSA) is 129 Å². The summed E-state index contributed by atoms with van der Waals surface area (Å²) in [6.07, 6.45) is 1.22. The van der Waals surface area contributed by atoms with Gasteiger partial charge >= 0.3 is 11.7 Å². The molecule has 47 heavy (non-hydrogen) atoms. The second-order valence-electron chi connectivity index (χ2n) is 11.0. The molecular weight excluding hydrogens is 634 g/mol. The van der Waals surface area contributed by atoms with Gasteiger partial charge < -0.3 is 19.7 Å². The number of urea groups is 1. The van der Waals surface area contributed by atoms with Gasteiger partial charge in [-0.25, -0.2) is 33.4 Å². The fourth-order valence-corrected chi connectivity index (χ4v) is 6.46. The lowest BCUT2D eigenvalue weighted by atomic mass is 10.1. The summed E-state index contributed by atoms with van der Waals surface area (Å²) in [5.41, 5.74) is 2.43. The van der Waals surface area contributed by atoms with Crippen molar-refractivity contribution >= 4 is 33.3 Å². The summed E-state index contributed by atoms with van der Waals surface area (Å²) in [4.78, 5) is 52.1. The van der Waals surface area contributed by atoms with Crippen LogP contribution in [0.5, 0.6) is 5.88 Å². The Morgan fingerprint density at radius 3 is 2.38 bits per heavy atom. The normalized spacial score (nSPS) is 13.1. The molecule has 0 unspecified atom stereocenters. The molecule has 0 radical (unpaired) electrons. The summed E-state index contributed by atoms with van der Waals surface area (Å²) in [6, 6.07) is 12.9. The van der Waals surface area contributed by atoms with Crippen molar-refractivity contribution in [2.75, 3.05) is 39.7 Å². The zero-order valence-electron chi connectivity index (χ0n) is 25.6. The molecule has 12 nitrogen and oxygen atoms in total. The number of hydrogen-bond donors (Lipinski definition) is 2. The van der Waals surface area contributed by atoms with Crippen molar-refractivity contribution in [2.45, 2.75) is 19.2 Å². The molecule has 2 N–H and O–H groups in total. The van der Waals surface area contributed by atoms with Crippen molar-refractivity contribution in [1.29, 1.82) is 0 Å². The molecule has 0 saturated carbocycles. The maximum Gasteiger partial charge on any atom is 0.343 e. The Morgan fingerprint density at radius 2 is 1.79 bits per heavy atom. The van der Waals surface area contributed by atoms with Gasteiger partial charge in [0.1, 0.15) is 22.6 Å². The number of hydrogen-bond acceptors (Lipinski definition) is 9. The second-order valence-corrected chi connectivity index (χ2v) is 12.0. The first kappa shape index (κ1) is 32.0. The van der Waals surface area contributed by atoms with Crippen LogP contribution in [0.15, 0.2) is 70.4 Å². The highest BCUT2D eigenvalue weighted by molar-refractivity contribution is 7.22. The van der Waals surface area contributed by atoms with Crippen LogP contribution < -0.4 is 26.8 Å². The van der Waals surface area contributed by atoms with Crippen molar-refractivity contribution in [3.05, 3.63) is 104 Å². The molecule has 244 valence electrons. The molecule has 6 rings (SSSR count). The number of anilines is 1. The Labute approximate surface area is 270 Å². The zero-order chi connectivity index (χ0) is 33.2. The molecule has 5 aromatic rings. The number of carbonyl (C=O) groups is 1. The molecule has 15 heteroatoms. The first-order chi connectivity index (χ1) is 22.6. The number of fused-ring (bicyclic) bond motifs is 1. The summed E-state index contributed by atoms with van der Waals surface area (Å²) >= 11 is 1.17. The molecule has 1 saturated heterocycles. The molecule has 2 aromatic carbocycles. The van der Waals surface area contributed by atoms with Gasteiger partial charge in [0.15, 0.2) is 0 Å². The van der Waals surface area contributed by atoms with E-state index in [0.29, 0.717) is 47.3 Å². The van der Waals surface area contributed by atoms with Gasteiger partial charge in [-0.05, 0) is 55.6 Å². The fraction of sp³-hybridized carbons (Fsp3) is 0.250. The molecule has 0 atom stereocenters. The third-order valence-electron chi connectivity index (χ3n) is 7.40. The van der Waals surface area contributed by atoms with Gasteiger partial charge in [0.25, 0.3) is 5.56 Å². The monoisotopic (exact) mass is 664 g/mol. The fourth-order valence-electron chi connectivity index (χ4n) is 5.16.